The van der Waals surface area contributed by atoms with Crippen LogP contribution in [-0.2, 0) is 22.6 Å². The highest BCUT2D eigenvalue weighted by Gasteiger charge is 2.23. The second-order valence-corrected chi connectivity index (χ2v) is 6.78. The fraction of sp³-hybridized carbons (Fsp3) is 0.722. The molecule has 8 nitrogen and oxygen atoms in total. The standard InChI is InChI=1S/C18H31N5O3/c1-4-23-14-17(11-20-23)13-22(8-9-26-3)18(25)19-10-16-6-5-7-21(12-16)15(2)24/h11,14,16H,4-10,12-13H2,1-3H3,(H,19,25)/t16-/m0/s1. The fourth-order valence-electron chi connectivity index (χ4n) is 3.20. The van der Waals surface area contributed by atoms with Crippen LogP contribution in [0.5, 0.6) is 0 Å². The molecule has 1 aliphatic rings. The lowest BCUT2D eigenvalue weighted by Gasteiger charge is -2.32. The second-order valence-electron chi connectivity index (χ2n) is 6.78. The van der Waals surface area contributed by atoms with Crippen molar-refractivity contribution in [3.05, 3.63) is 18.0 Å². The quantitative estimate of drug-likeness (QED) is 0.753. The number of aryl methyl sites for hydroxylation is 1. The Morgan fingerprint density at radius 1 is 1.46 bits per heavy atom. The summed E-state index contributed by atoms with van der Waals surface area (Å²) in [7, 11) is 1.63. The number of hydrogen-bond acceptors (Lipinski definition) is 4. The molecule has 1 aromatic rings. The SMILES string of the molecule is CCn1cc(CN(CCOC)C(=O)NC[C@@H]2CCCN(C(C)=O)C2)cn1. The molecule has 2 heterocycles. The lowest BCUT2D eigenvalue weighted by Crippen LogP contribution is -2.46. The molecule has 0 saturated carbocycles. The van der Waals surface area contributed by atoms with E-state index in [-0.39, 0.29) is 11.9 Å². The van der Waals surface area contributed by atoms with Crippen molar-refractivity contribution in [2.45, 2.75) is 39.8 Å². The number of hydrogen-bond donors (Lipinski definition) is 1. The Morgan fingerprint density at radius 3 is 2.92 bits per heavy atom. The maximum absolute atomic E-state index is 12.6. The van der Waals surface area contributed by atoms with E-state index in [1.165, 1.54) is 0 Å². The van der Waals surface area contributed by atoms with Gasteiger partial charge in [0.2, 0.25) is 5.91 Å². The van der Waals surface area contributed by atoms with Crippen molar-refractivity contribution in [1.82, 2.24) is 24.9 Å². The minimum absolute atomic E-state index is 0.105. The van der Waals surface area contributed by atoms with Crippen LogP contribution in [0, 0.1) is 5.92 Å². The third kappa shape index (κ3) is 6.01. The Kier molecular flexibility index (Phi) is 7.90. The van der Waals surface area contributed by atoms with Gasteiger partial charge in [-0.05, 0) is 25.7 Å². The molecular formula is C18H31N5O3. The van der Waals surface area contributed by atoms with Crippen LogP contribution in [-0.4, -0.2) is 71.4 Å². The zero-order valence-corrected chi connectivity index (χ0v) is 16.1. The van der Waals surface area contributed by atoms with E-state index in [9.17, 15) is 9.59 Å². The first-order chi connectivity index (χ1) is 12.5. The molecule has 0 aromatic carbocycles. The molecule has 26 heavy (non-hydrogen) atoms. The van der Waals surface area contributed by atoms with Crippen molar-refractivity contribution in [2.75, 3.05) is 39.9 Å². The smallest absolute Gasteiger partial charge is 0.317 e. The summed E-state index contributed by atoms with van der Waals surface area (Å²) in [6.07, 6.45) is 5.77. The van der Waals surface area contributed by atoms with Gasteiger partial charge in [0, 0.05) is 58.5 Å². The van der Waals surface area contributed by atoms with Gasteiger partial charge in [-0.3, -0.25) is 9.48 Å². The average molecular weight is 365 g/mol. The monoisotopic (exact) mass is 365 g/mol. The highest BCUT2D eigenvalue weighted by atomic mass is 16.5. The number of ether oxygens (including phenoxy) is 1. The van der Waals surface area contributed by atoms with E-state index in [0.29, 0.717) is 32.2 Å². The summed E-state index contributed by atoms with van der Waals surface area (Å²) in [5.41, 5.74) is 0.999. The van der Waals surface area contributed by atoms with Crippen LogP contribution in [0.15, 0.2) is 12.4 Å². The molecule has 1 fully saturated rings. The summed E-state index contributed by atoms with van der Waals surface area (Å²) in [5.74, 6) is 0.416. The molecule has 1 N–H and O–H groups in total. The van der Waals surface area contributed by atoms with E-state index >= 15 is 0 Å². The van der Waals surface area contributed by atoms with Crippen LogP contribution >= 0.6 is 0 Å². The van der Waals surface area contributed by atoms with Crippen molar-refractivity contribution in [1.29, 1.82) is 0 Å². The van der Waals surface area contributed by atoms with E-state index in [4.69, 9.17) is 4.74 Å². The first kappa shape index (κ1) is 20.2. The number of nitrogens with one attached hydrogen (secondary N) is 1. The predicted octanol–water partition coefficient (Wildman–Crippen LogP) is 1.32. The van der Waals surface area contributed by atoms with Crippen LogP contribution in [0.3, 0.4) is 0 Å². The largest absolute Gasteiger partial charge is 0.383 e. The molecule has 0 bridgehead atoms. The van der Waals surface area contributed by atoms with Gasteiger partial charge in [0.1, 0.15) is 0 Å². The Labute approximate surface area is 155 Å². The number of piperidine rings is 1. The Morgan fingerprint density at radius 2 is 2.27 bits per heavy atom. The molecule has 0 radical (unpaired) electrons. The van der Waals surface area contributed by atoms with E-state index in [0.717, 1.165) is 38.0 Å². The fourth-order valence-corrected chi connectivity index (χ4v) is 3.20. The first-order valence-corrected chi connectivity index (χ1v) is 9.32. The third-order valence-corrected chi connectivity index (χ3v) is 4.74. The van der Waals surface area contributed by atoms with Crippen LogP contribution < -0.4 is 5.32 Å². The summed E-state index contributed by atoms with van der Waals surface area (Å²) in [6.45, 7) is 8.06. The van der Waals surface area contributed by atoms with Gasteiger partial charge >= 0.3 is 6.03 Å². The number of likely N-dealkylation sites (tertiary alicyclic amines) is 1. The molecule has 2 rings (SSSR count). The van der Waals surface area contributed by atoms with Crippen molar-refractivity contribution < 1.29 is 14.3 Å². The van der Waals surface area contributed by atoms with Gasteiger partial charge in [0.05, 0.1) is 19.3 Å². The number of carbonyl (C=O) groups is 2. The van der Waals surface area contributed by atoms with Crippen molar-refractivity contribution in [3.8, 4) is 0 Å². The van der Waals surface area contributed by atoms with E-state index in [2.05, 4.69) is 10.4 Å². The molecule has 146 valence electrons. The van der Waals surface area contributed by atoms with Crippen molar-refractivity contribution in [2.24, 2.45) is 5.92 Å². The summed E-state index contributed by atoms with van der Waals surface area (Å²) in [4.78, 5) is 27.8. The summed E-state index contributed by atoms with van der Waals surface area (Å²) >= 11 is 0. The molecular weight excluding hydrogens is 334 g/mol. The zero-order valence-electron chi connectivity index (χ0n) is 16.1. The Balaban J connectivity index is 1.88. The van der Waals surface area contributed by atoms with Crippen LogP contribution in [0.2, 0.25) is 0 Å². The van der Waals surface area contributed by atoms with Gasteiger partial charge in [0.25, 0.3) is 0 Å². The number of amides is 3. The number of methoxy groups -OCH3 is 1. The Hall–Kier alpha value is -2.09. The summed E-state index contributed by atoms with van der Waals surface area (Å²) in [5, 5.41) is 7.29. The number of urea groups is 1. The zero-order chi connectivity index (χ0) is 18.9. The van der Waals surface area contributed by atoms with Gasteiger partial charge in [-0.2, -0.15) is 5.10 Å². The number of nitrogens with zero attached hydrogens (tertiary/aromatic N) is 4. The van der Waals surface area contributed by atoms with Crippen molar-refractivity contribution in [3.63, 3.8) is 0 Å². The molecule has 8 heteroatoms. The molecule has 0 unspecified atom stereocenters. The molecule has 0 aliphatic carbocycles. The van der Waals surface area contributed by atoms with Crippen LogP contribution in [0.4, 0.5) is 4.79 Å². The van der Waals surface area contributed by atoms with Gasteiger partial charge in [0.15, 0.2) is 0 Å². The van der Waals surface area contributed by atoms with Crippen LogP contribution in [0.25, 0.3) is 0 Å². The first-order valence-electron chi connectivity index (χ1n) is 9.32. The minimum atomic E-state index is -0.105. The van der Waals surface area contributed by atoms with Gasteiger partial charge in [-0.15, -0.1) is 0 Å². The lowest BCUT2D eigenvalue weighted by molar-refractivity contribution is -0.130. The summed E-state index contributed by atoms with van der Waals surface area (Å²) in [6, 6.07) is -0.105. The minimum Gasteiger partial charge on any atom is -0.383 e. The molecule has 1 aromatic heterocycles. The van der Waals surface area contributed by atoms with E-state index < -0.39 is 0 Å². The Bertz CT molecular complexity index is 589. The summed E-state index contributed by atoms with van der Waals surface area (Å²) < 4.78 is 6.98. The maximum Gasteiger partial charge on any atom is 0.317 e. The number of rotatable bonds is 8. The third-order valence-electron chi connectivity index (χ3n) is 4.74. The lowest BCUT2D eigenvalue weighted by atomic mass is 9.98. The molecule has 1 atom stereocenters. The normalized spacial score (nSPS) is 17.2. The molecule has 1 saturated heterocycles. The van der Waals surface area contributed by atoms with Crippen LogP contribution in [0.1, 0.15) is 32.3 Å². The van der Waals surface area contributed by atoms with Gasteiger partial charge in [-0.1, -0.05) is 0 Å². The highest BCUT2D eigenvalue weighted by Crippen LogP contribution is 2.16. The predicted molar refractivity (Wildman–Crippen MR) is 98.6 cm³/mol. The molecule has 3 amide bonds. The van der Waals surface area contributed by atoms with Gasteiger partial charge < -0.3 is 19.9 Å². The maximum atomic E-state index is 12.6. The second kappa shape index (κ2) is 10.2. The topological polar surface area (TPSA) is 79.7 Å². The number of carbonyl (C=O) groups excluding carboxylic acids is 2. The molecule has 0 spiro atoms. The number of aromatic nitrogens is 2. The highest BCUT2D eigenvalue weighted by molar-refractivity contribution is 5.74. The van der Waals surface area contributed by atoms with E-state index in [1.807, 2.05) is 22.7 Å². The van der Waals surface area contributed by atoms with Crippen molar-refractivity contribution >= 4 is 11.9 Å². The molecule has 1 aliphatic heterocycles. The van der Waals surface area contributed by atoms with Gasteiger partial charge in [-0.25, -0.2) is 4.79 Å². The van der Waals surface area contributed by atoms with E-state index in [1.54, 1.807) is 25.1 Å². The average Bonchev–Trinajstić information content (AvgIpc) is 3.11.